The number of hydrogen-bond donors (Lipinski definition) is 3. The minimum Gasteiger partial charge on any atom is -0.369 e. The highest BCUT2D eigenvalue weighted by Crippen LogP contribution is 2.09. The molecule has 0 amide bonds. The van der Waals surface area contributed by atoms with Gasteiger partial charge in [-0.1, -0.05) is 12.2 Å². The summed E-state index contributed by atoms with van der Waals surface area (Å²) in [5, 5.41) is 0. The summed E-state index contributed by atoms with van der Waals surface area (Å²) in [6, 6.07) is 1.86. The van der Waals surface area contributed by atoms with Gasteiger partial charge in [-0.25, -0.2) is 4.98 Å². The molecular formula is C6H6N4S. The van der Waals surface area contributed by atoms with Gasteiger partial charge in [0.05, 0.1) is 11.0 Å². The standard InChI is InChI=1S/C6H6N4S/c7-6-9-3-1-2-8-4(3)5(11)10-6/h1-2,8H,(H3,7,9,10,11). The number of fused-ring (bicyclic) bond motifs is 1. The fourth-order valence-electron chi connectivity index (χ4n) is 0.982. The lowest BCUT2D eigenvalue weighted by Gasteiger charge is -1.92. The first-order valence-corrected chi connectivity index (χ1v) is 3.51. The molecule has 2 heterocycles. The van der Waals surface area contributed by atoms with Crippen molar-refractivity contribution < 1.29 is 0 Å². The second-order valence-corrected chi connectivity index (χ2v) is 2.58. The number of aromatic nitrogens is 3. The highest BCUT2D eigenvalue weighted by atomic mass is 32.1. The van der Waals surface area contributed by atoms with E-state index >= 15 is 0 Å². The van der Waals surface area contributed by atoms with E-state index in [-0.39, 0.29) is 0 Å². The Morgan fingerprint density at radius 2 is 2.36 bits per heavy atom. The number of nitrogens with two attached hydrogens (primary N) is 1. The van der Waals surface area contributed by atoms with Crippen molar-refractivity contribution in [2.75, 3.05) is 5.73 Å². The summed E-state index contributed by atoms with van der Waals surface area (Å²) in [6.45, 7) is 0. The highest BCUT2D eigenvalue weighted by Gasteiger charge is 1.97. The van der Waals surface area contributed by atoms with Crippen molar-refractivity contribution in [3.8, 4) is 0 Å². The smallest absolute Gasteiger partial charge is 0.199 e. The molecule has 4 nitrogen and oxygen atoms in total. The van der Waals surface area contributed by atoms with Gasteiger partial charge in [-0.2, -0.15) is 0 Å². The molecular weight excluding hydrogens is 160 g/mol. The maximum atomic E-state index is 5.44. The Bertz CT molecular complexity index is 441. The maximum Gasteiger partial charge on any atom is 0.199 e. The number of nitrogens with zero attached hydrogens (tertiary/aromatic N) is 1. The molecule has 0 spiro atoms. The molecule has 0 unspecified atom stereocenters. The topological polar surface area (TPSA) is 70.5 Å². The van der Waals surface area contributed by atoms with E-state index in [1.165, 1.54) is 0 Å². The second-order valence-electron chi connectivity index (χ2n) is 2.19. The molecule has 0 saturated heterocycles. The van der Waals surface area contributed by atoms with Crippen LogP contribution in [0.25, 0.3) is 11.0 Å². The van der Waals surface area contributed by atoms with Crippen LogP contribution in [-0.2, 0) is 0 Å². The number of anilines is 1. The van der Waals surface area contributed by atoms with E-state index in [1.807, 2.05) is 6.07 Å². The van der Waals surface area contributed by atoms with Crippen LogP contribution in [0.4, 0.5) is 5.95 Å². The van der Waals surface area contributed by atoms with Crippen molar-refractivity contribution in [3.63, 3.8) is 0 Å². The highest BCUT2D eigenvalue weighted by molar-refractivity contribution is 7.71. The van der Waals surface area contributed by atoms with Crippen LogP contribution in [0.15, 0.2) is 12.3 Å². The Morgan fingerprint density at radius 1 is 1.55 bits per heavy atom. The zero-order valence-electron chi connectivity index (χ0n) is 5.59. The van der Waals surface area contributed by atoms with E-state index in [0.29, 0.717) is 10.6 Å². The molecule has 0 aromatic carbocycles. The normalized spacial score (nSPS) is 10.5. The molecule has 0 fully saturated rings. The van der Waals surface area contributed by atoms with Gasteiger partial charge < -0.3 is 15.7 Å². The summed E-state index contributed by atoms with van der Waals surface area (Å²) in [5.41, 5.74) is 7.16. The minimum absolute atomic E-state index is 0.349. The lowest BCUT2D eigenvalue weighted by molar-refractivity contribution is 1.22. The Labute approximate surface area is 67.5 Å². The van der Waals surface area contributed by atoms with Crippen molar-refractivity contribution in [1.82, 2.24) is 15.0 Å². The van der Waals surface area contributed by atoms with Gasteiger partial charge in [0.1, 0.15) is 0 Å². The fraction of sp³-hybridized carbons (Fsp3) is 0. The predicted octanol–water partition coefficient (Wildman–Crippen LogP) is 1.20. The average Bonchev–Trinajstić information content (AvgIpc) is 2.34. The first-order chi connectivity index (χ1) is 5.27. The van der Waals surface area contributed by atoms with Gasteiger partial charge in [0.25, 0.3) is 0 Å². The van der Waals surface area contributed by atoms with E-state index in [4.69, 9.17) is 18.0 Å². The number of rotatable bonds is 0. The molecule has 5 heteroatoms. The molecule has 0 aliphatic carbocycles. The molecule has 0 atom stereocenters. The van der Waals surface area contributed by atoms with Gasteiger partial charge in [0, 0.05) is 6.20 Å². The van der Waals surface area contributed by atoms with Crippen LogP contribution in [0, 0.1) is 4.64 Å². The monoisotopic (exact) mass is 166 g/mol. The summed E-state index contributed by atoms with van der Waals surface area (Å²) in [7, 11) is 0. The maximum absolute atomic E-state index is 5.44. The molecule has 4 N–H and O–H groups in total. The summed E-state index contributed by atoms with van der Waals surface area (Å²) < 4.78 is 0.501. The van der Waals surface area contributed by atoms with Gasteiger partial charge in [-0.05, 0) is 6.07 Å². The van der Waals surface area contributed by atoms with Crippen LogP contribution in [0.5, 0.6) is 0 Å². The quantitative estimate of drug-likeness (QED) is 0.515. The van der Waals surface area contributed by atoms with E-state index in [0.717, 1.165) is 11.0 Å². The molecule has 0 aliphatic rings. The van der Waals surface area contributed by atoms with Gasteiger partial charge in [-0.3, -0.25) is 0 Å². The third kappa shape index (κ3) is 0.894. The molecule has 0 aliphatic heterocycles. The largest absolute Gasteiger partial charge is 0.369 e. The summed E-state index contributed by atoms with van der Waals surface area (Å²) in [4.78, 5) is 9.72. The van der Waals surface area contributed by atoms with E-state index in [1.54, 1.807) is 6.20 Å². The van der Waals surface area contributed by atoms with E-state index in [2.05, 4.69) is 15.0 Å². The van der Waals surface area contributed by atoms with Gasteiger partial charge >= 0.3 is 0 Å². The Kier molecular flexibility index (Phi) is 1.19. The Morgan fingerprint density at radius 3 is 3.18 bits per heavy atom. The Balaban J connectivity index is 3.02. The zero-order chi connectivity index (χ0) is 7.84. The zero-order valence-corrected chi connectivity index (χ0v) is 6.40. The van der Waals surface area contributed by atoms with E-state index in [9.17, 15) is 0 Å². The van der Waals surface area contributed by atoms with Crippen molar-refractivity contribution in [2.24, 2.45) is 0 Å². The molecule has 2 aromatic rings. The third-order valence-electron chi connectivity index (χ3n) is 1.45. The summed E-state index contributed by atoms with van der Waals surface area (Å²) >= 11 is 4.95. The number of hydrogen-bond acceptors (Lipinski definition) is 3. The van der Waals surface area contributed by atoms with E-state index < -0.39 is 0 Å². The molecule has 56 valence electrons. The number of nitrogen functional groups attached to an aromatic ring is 1. The summed E-state index contributed by atoms with van der Waals surface area (Å²) in [6.07, 6.45) is 1.79. The number of nitrogens with one attached hydrogen (secondary N) is 2. The molecule has 11 heavy (non-hydrogen) atoms. The second kappa shape index (κ2) is 2.06. The SMILES string of the molecule is Nc1nc(=S)c2[nH]ccc2[nH]1. The molecule has 2 aromatic heterocycles. The van der Waals surface area contributed by atoms with Gasteiger partial charge in [0.2, 0.25) is 0 Å². The lowest BCUT2D eigenvalue weighted by atomic mass is 10.5. The van der Waals surface area contributed by atoms with Gasteiger partial charge in [-0.15, -0.1) is 0 Å². The first-order valence-electron chi connectivity index (χ1n) is 3.10. The van der Waals surface area contributed by atoms with Gasteiger partial charge in [0.15, 0.2) is 10.6 Å². The molecule has 0 saturated carbocycles. The third-order valence-corrected chi connectivity index (χ3v) is 1.74. The molecule has 2 rings (SSSR count). The summed E-state index contributed by atoms with van der Waals surface area (Å²) in [5.74, 6) is 0.349. The number of aromatic amines is 2. The fourth-order valence-corrected chi connectivity index (χ4v) is 1.25. The average molecular weight is 166 g/mol. The van der Waals surface area contributed by atoms with Crippen LogP contribution >= 0.6 is 12.2 Å². The van der Waals surface area contributed by atoms with Crippen molar-refractivity contribution >= 4 is 29.2 Å². The van der Waals surface area contributed by atoms with Crippen LogP contribution in [0.3, 0.4) is 0 Å². The van der Waals surface area contributed by atoms with Crippen LogP contribution in [0.1, 0.15) is 0 Å². The van der Waals surface area contributed by atoms with Crippen LogP contribution < -0.4 is 5.73 Å². The van der Waals surface area contributed by atoms with Crippen molar-refractivity contribution in [3.05, 3.63) is 16.9 Å². The lowest BCUT2D eigenvalue weighted by Crippen LogP contribution is -1.94. The van der Waals surface area contributed by atoms with Crippen molar-refractivity contribution in [2.45, 2.75) is 0 Å². The molecule has 0 radical (unpaired) electrons. The predicted molar refractivity (Wildman–Crippen MR) is 45.7 cm³/mol. The number of H-pyrrole nitrogens is 2. The van der Waals surface area contributed by atoms with Crippen LogP contribution in [-0.4, -0.2) is 15.0 Å². The van der Waals surface area contributed by atoms with Crippen molar-refractivity contribution in [1.29, 1.82) is 0 Å². The Hall–Kier alpha value is -1.36. The molecule has 0 bridgehead atoms. The minimum atomic E-state index is 0.349. The first kappa shape index (κ1) is 6.36. The van der Waals surface area contributed by atoms with Crippen LogP contribution in [0.2, 0.25) is 0 Å².